The molecular formula is C20H10I2O5. The summed E-state index contributed by atoms with van der Waals surface area (Å²) >= 11 is 4.35. The molecule has 2 aliphatic rings. The Morgan fingerprint density at radius 3 is 1.96 bits per heavy atom. The van der Waals surface area contributed by atoms with Crippen molar-refractivity contribution in [1.29, 1.82) is 0 Å². The smallest absolute Gasteiger partial charge is 0.341 e. The van der Waals surface area contributed by atoms with E-state index in [0.29, 0.717) is 28.2 Å². The Hall–Kier alpha value is -2.01. The van der Waals surface area contributed by atoms with E-state index in [0.717, 1.165) is 12.7 Å². The van der Waals surface area contributed by atoms with Crippen LogP contribution in [0.25, 0.3) is 0 Å². The summed E-state index contributed by atoms with van der Waals surface area (Å²) in [6, 6.07) is 13.3. The van der Waals surface area contributed by atoms with Gasteiger partial charge in [-0.05, 0) is 75.5 Å². The van der Waals surface area contributed by atoms with E-state index in [1.54, 1.807) is 24.3 Å². The number of hydrogen-bond donors (Lipinski definition) is 2. The first kappa shape index (κ1) is 17.1. The van der Waals surface area contributed by atoms with E-state index in [9.17, 15) is 15.0 Å². The second-order valence-corrected chi connectivity index (χ2v) is 8.56. The number of phenolic OH excluding ortho intramolecular Hbond substituents is 2. The topological polar surface area (TPSA) is 76.0 Å². The molecule has 0 radical (unpaired) electrons. The maximum absolute atomic E-state index is 12.9. The normalized spacial score (nSPS) is 15.6. The number of benzene rings is 3. The quantitative estimate of drug-likeness (QED) is 0.288. The fourth-order valence-corrected chi connectivity index (χ4v) is 4.86. The first-order chi connectivity index (χ1) is 12.9. The molecule has 5 rings (SSSR count). The number of fused-ring (bicyclic) bond motifs is 6. The van der Waals surface area contributed by atoms with Crippen molar-refractivity contribution in [1.82, 2.24) is 0 Å². The average molecular weight is 592 g/mol. The monoisotopic (exact) mass is 592 g/mol. The van der Waals surface area contributed by atoms with Crippen LogP contribution in [-0.4, -0.2) is 16.2 Å². The molecule has 2 N–H and O–H groups in total. The lowest BCUT2D eigenvalue weighted by molar-refractivity contribution is 0.0223. The van der Waals surface area contributed by atoms with Gasteiger partial charge in [-0.1, -0.05) is 6.07 Å². The number of phenols is 2. The van der Waals surface area contributed by atoms with Gasteiger partial charge < -0.3 is 19.7 Å². The minimum atomic E-state index is -1.19. The summed E-state index contributed by atoms with van der Waals surface area (Å²) in [6.45, 7) is 0. The van der Waals surface area contributed by atoms with Crippen LogP contribution in [0.1, 0.15) is 27.0 Å². The Balaban J connectivity index is 1.92. The molecule has 0 aromatic heterocycles. The van der Waals surface area contributed by atoms with Gasteiger partial charge in [0.1, 0.15) is 23.0 Å². The summed E-state index contributed by atoms with van der Waals surface area (Å²) in [5, 5.41) is 19.8. The average Bonchev–Trinajstić information content (AvgIpc) is 2.91. The van der Waals surface area contributed by atoms with Crippen LogP contribution >= 0.6 is 45.2 Å². The molecule has 3 aromatic rings. The molecule has 0 aliphatic carbocycles. The lowest BCUT2D eigenvalue weighted by Crippen LogP contribution is -2.32. The van der Waals surface area contributed by atoms with Gasteiger partial charge in [-0.3, -0.25) is 0 Å². The van der Waals surface area contributed by atoms with E-state index in [2.05, 4.69) is 45.2 Å². The van der Waals surface area contributed by atoms with Crippen LogP contribution in [0, 0.1) is 7.14 Å². The number of aromatic hydroxyl groups is 2. The van der Waals surface area contributed by atoms with Crippen molar-refractivity contribution in [3.63, 3.8) is 0 Å². The van der Waals surface area contributed by atoms with Crippen molar-refractivity contribution >= 4 is 51.2 Å². The molecule has 27 heavy (non-hydrogen) atoms. The van der Waals surface area contributed by atoms with Crippen LogP contribution in [0.5, 0.6) is 23.0 Å². The van der Waals surface area contributed by atoms with Gasteiger partial charge >= 0.3 is 5.97 Å². The van der Waals surface area contributed by atoms with Crippen molar-refractivity contribution in [3.8, 4) is 23.0 Å². The zero-order valence-electron chi connectivity index (χ0n) is 13.5. The molecular weight excluding hydrogens is 582 g/mol. The summed E-state index contributed by atoms with van der Waals surface area (Å²) in [4.78, 5) is 12.9. The summed E-state index contributed by atoms with van der Waals surface area (Å²) in [5.74, 6) is 0.418. The van der Waals surface area contributed by atoms with E-state index in [1.165, 1.54) is 12.1 Å². The van der Waals surface area contributed by atoms with Crippen LogP contribution in [-0.2, 0) is 10.3 Å². The number of halogens is 2. The molecule has 0 unspecified atom stereocenters. The highest BCUT2D eigenvalue weighted by molar-refractivity contribution is 14.1. The predicted octanol–water partition coefficient (Wildman–Crippen LogP) is 4.88. The van der Waals surface area contributed by atoms with E-state index >= 15 is 0 Å². The molecule has 0 atom stereocenters. The number of carbonyl (C=O) groups excluding carboxylic acids is 1. The molecule has 134 valence electrons. The molecule has 7 heteroatoms. The molecule has 3 aromatic carbocycles. The number of ether oxygens (including phenoxy) is 2. The predicted molar refractivity (Wildman–Crippen MR) is 113 cm³/mol. The van der Waals surface area contributed by atoms with Crippen molar-refractivity contribution < 1.29 is 24.5 Å². The number of esters is 1. The highest BCUT2D eigenvalue weighted by atomic mass is 131. The molecule has 0 saturated heterocycles. The van der Waals surface area contributed by atoms with Crippen LogP contribution in [0.2, 0.25) is 0 Å². The molecule has 0 bridgehead atoms. The van der Waals surface area contributed by atoms with Crippen LogP contribution in [0.3, 0.4) is 0 Å². The van der Waals surface area contributed by atoms with Crippen LogP contribution in [0.4, 0.5) is 0 Å². The standard InChI is InChI=1S/C20H10I2O5/c21-14-6-5-13-17(18(14)22)19(25)27-20(13)11-3-1-9(23)7-15(11)26-16-8-10(24)2-4-12(16)20/h1-8,23-24H/i21+4,22+4. The van der Waals surface area contributed by atoms with Crippen molar-refractivity contribution in [3.05, 3.63) is 77.9 Å². The first-order valence-corrected chi connectivity index (χ1v) is 10.1. The summed E-state index contributed by atoms with van der Waals surface area (Å²) in [6.07, 6.45) is 0. The Labute approximate surface area is 181 Å². The molecule has 0 amide bonds. The Kier molecular flexibility index (Phi) is 3.64. The fraction of sp³-hybridized carbons (Fsp3) is 0.0500. The lowest BCUT2D eigenvalue weighted by atomic mass is 9.77. The van der Waals surface area contributed by atoms with Crippen LogP contribution in [0.15, 0.2) is 48.5 Å². The third-order valence-electron chi connectivity index (χ3n) is 4.83. The zero-order valence-corrected chi connectivity index (χ0v) is 17.8. The zero-order chi connectivity index (χ0) is 18.9. The summed E-state index contributed by atoms with van der Waals surface area (Å²) < 4.78 is 13.7. The van der Waals surface area contributed by atoms with Gasteiger partial charge in [-0.2, -0.15) is 0 Å². The second kappa shape index (κ2) is 5.74. The maximum atomic E-state index is 12.9. The second-order valence-electron chi connectivity index (χ2n) is 6.32. The lowest BCUT2D eigenvalue weighted by Gasteiger charge is -2.36. The van der Waals surface area contributed by atoms with Gasteiger partial charge in [0.25, 0.3) is 0 Å². The Bertz CT molecular complexity index is 1100. The largest absolute Gasteiger partial charge is 0.508 e. The number of hydrogen-bond acceptors (Lipinski definition) is 5. The van der Waals surface area contributed by atoms with Gasteiger partial charge in [0, 0.05) is 36.0 Å². The van der Waals surface area contributed by atoms with E-state index < -0.39 is 11.6 Å². The van der Waals surface area contributed by atoms with E-state index in [4.69, 9.17) is 9.47 Å². The van der Waals surface area contributed by atoms with E-state index in [1.807, 2.05) is 12.1 Å². The highest BCUT2D eigenvalue weighted by Crippen LogP contribution is 2.57. The van der Waals surface area contributed by atoms with Gasteiger partial charge in [0.05, 0.1) is 5.56 Å². The van der Waals surface area contributed by atoms with Crippen molar-refractivity contribution in [2.45, 2.75) is 5.60 Å². The molecule has 2 heterocycles. The SMILES string of the molecule is O=C1OC2(c3ccc(O)cc3Oc3cc(O)ccc32)c2ccc([131I])c([131I])c21. The maximum Gasteiger partial charge on any atom is 0.341 e. The van der Waals surface area contributed by atoms with Gasteiger partial charge in [-0.25, -0.2) is 4.79 Å². The van der Waals surface area contributed by atoms with Gasteiger partial charge in [-0.15, -0.1) is 0 Å². The Morgan fingerprint density at radius 2 is 1.37 bits per heavy atom. The van der Waals surface area contributed by atoms with Gasteiger partial charge in [0.2, 0.25) is 0 Å². The molecule has 1 spiro atoms. The van der Waals surface area contributed by atoms with Gasteiger partial charge in [0.15, 0.2) is 5.60 Å². The fourth-order valence-electron chi connectivity index (χ4n) is 3.72. The third-order valence-corrected chi connectivity index (χ3v) is 7.88. The highest BCUT2D eigenvalue weighted by Gasteiger charge is 2.54. The van der Waals surface area contributed by atoms with Crippen molar-refractivity contribution in [2.75, 3.05) is 0 Å². The number of rotatable bonds is 0. The number of carbonyl (C=O) groups is 1. The van der Waals surface area contributed by atoms with Crippen molar-refractivity contribution in [2.24, 2.45) is 0 Å². The third kappa shape index (κ3) is 2.24. The summed E-state index contributed by atoms with van der Waals surface area (Å²) in [5.41, 5.74) is 1.31. The van der Waals surface area contributed by atoms with E-state index in [-0.39, 0.29) is 11.5 Å². The molecule has 0 saturated carbocycles. The van der Waals surface area contributed by atoms with Crippen LogP contribution < -0.4 is 4.74 Å². The molecule has 0 fully saturated rings. The minimum Gasteiger partial charge on any atom is -0.508 e. The first-order valence-electron chi connectivity index (χ1n) is 7.98. The molecule has 2 aliphatic heterocycles. The Morgan fingerprint density at radius 1 is 0.815 bits per heavy atom. The minimum absolute atomic E-state index is 0.0363. The molecule has 5 nitrogen and oxygen atoms in total. The summed E-state index contributed by atoms with van der Waals surface area (Å²) in [7, 11) is 0.